The Morgan fingerprint density at radius 3 is 3.00 bits per heavy atom. The van der Waals surface area contributed by atoms with E-state index in [0.29, 0.717) is 0 Å². The van der Waals surface area contributed by atoms with Crippen LogP contribution in [0.25, 0.3) is 0 Å². The highest BCUT2D eigenvalue weighted by atomic mass is 32.1. The minimum atomic E-state index is -0.567. The quantitative estimate of drug-likeness (QED) is 0.624. The Bertz CT molecular complexity index is 797. The Morgan fingerprint density at radius 1 is 1.58 bits per heavy atom. The van der Waals surface area contributed by atoms with Crippen molar-refractivity contribution >= 4 is 22.9 Å². The first-order valence-electron chi connectivity index (χ1n) is 7.86. The number of hydrogen-bond donors (Lipinski definition) is 0. The Morgan fingerprint density at radius 2 is 2.33 bits per heavy atom. The highest BCUT2D eigenvalue weighted by Gasteiger charge is 2.34. The highest BCUT2D eigenvalue weighted by molar-refractivity contribution is 7.11. The summed E-state index contributed by atoms with van der Waals surface area (Å²) in [5.41, 5.74) is 0.685. The molecule has 128 valence electrons. The molecule has 0 unspecified atom stereocenters. The molecule has 1 aliphatic rings. The zero-order chi connectivity index (χ0) is 17.4. The molecular weight excluding hydrogens is 330 g/mol. The Kier molecular flexibility index (Phi) is 4.35. The summed E-state index contributed by atoms with van der Waals surface area (Å²) in [6.45, 7) is 2.06. The van der Waals surface area contributed by atoms with Crippen molar-refractivity contribution in [2.24, 2.45) is 7.05 Å². The molecule has 1 atom stereocenters. The van der Waals surface area contributed by atoms with Crippen LogP contribution < -0.4 is 0 Å². The fraction of sp³-hybridized carbons (Fsp3) is 0.533. The number of aromatic nitrogens is 3. The molecular formula is C15H19N5O3S. The van der Waals surface area contributed by atoms with Gasteiger partial charge in [0.05, 0.1) is 26.5 Å². The maximum absolute atomic E-state index is 12.8. The summed E-state index contributed by atoms with van der Waals surface area (Å²) >= 11 is 1.64. The van der Waals surface area contributed by atoms with Crippen LogP contribution in [0.4, 0.5) is 5.69 Å². The molecule has 1 aliphatic carbocycles. The fourth-order valence-electron chi connectivity index (χ4n) is 3.04. The standard InChI is InChI=1S/C15H19N5O3S/c1-4-12-16-9-6-5-7-10(14(9)24-12)19(3)15(21)13-11(20(22)23)8-18(2)17-13/h8,10H,4-7H2,1-3H3/t10-/m0/s1. The van der Waals surface area contributed by atoms with E-state index in [0.717, 1.165) is 41.3 Å². The molecule has 0 N–H and O–H groups in total. The van der Waals surface area contributed by atoms with Crippen LogP contribution in [0, 0.1) is 10.1 Å². The molecule has 0 spiro atoms. The molecule has 2 heterocycles. The summed E-state index contributed by atoms with van der Waals surface area (Å²) in [5.74, 6) is -0.424. The lowest BCUT2D eigenvalue weighted by molar-refractivity contribution is -0.385. The van der Waals surface area contributed by atoms with Crippen molar-refractivity contribution in [2.75, 3.05) is 7.05 Å². The van der Waals surface area contributed by atoms with Gasteiger partial charge in [0, 0.05) is 14.1 Å². The van der Waals surface area contributed by atoms with Gasteiger partial charge < -0.3 is 4.90 Å². The van der Waals surface area contributed by atoms with Crippen molar-refractivity contribution in [1.82, 2.24) is 19.7 Å². The zero-order valence-corrected chi connectivity index (χ0v) is 14.7. The minimum Gasteiger partial charge on any atom is -0.332 e. The van der Waals surface area contributed by atoms with E-state index in [2.05, 4.69) is 17.0 Å². The molecule has 1 amide bonds. The number of amides is 1. The average molecular weight is 349 g/mol. The van der Waals surface area contributed by atoms with E-state index in [1.54, 1.807) is 30.3 Å². The van der Waals surface area contributed by atoms with Crippen molar-refractivity contribution < 1.29 is 9.72 Å². The summed E-state index contributed by atoms with van der Waals surface area (Å²) in [5, 5.41) is 16.2. The van der Waals surface area contributed by atoms with Crippen LogP contribution in [0.2, 0.25) is 0 Å². The molecule has 9 heteroatoms. The number of fused-ring (bicyclic) bond motifs is 1. The molecule has 0 fully saturated rings. The normalized spacial score (nSPS) is 16.7. The molecule has 0 saturated carbocycles. The number of nitro groups is 1. The number of rotatable bonds is 4. The van der Waals surface area contributed by atoms with Gasteiger partial charge in [-0.2, -0.15) is 5.10 Å². The molecule has 3 rings (SSSR count). The van der Waals surface area contributed by atoms with Crippen molar-refractivity contribution in [3.05, 3.63) is 37.6 Å². The molecule has 2 aromatic rings. The Labute approximate surface area is 143 Å². The molecule has 0 radical (unpaired) electrons. The van der Waals surface area contributed by atoms with Crippen LogP contribution >= 0.6 is 11.3 Å². The molecule has 0 aliphatic heterocycles. The third kappa shape index (κ3) is 2.79. The van der Waals surface area contributed by atoms with E-state index in [4.69, 9.17) is 0 Å². The summed E-state index contributed by atoms with van der Waals surface area (Å²) in [6.07, 6.45) is 4.84. The van der Waals surface area contributed by atoms with Gasteiger partial charge in [0.2, 0.25) is 5.69 Å². The Hall–Kier alpha value is -2.29. The molecule has 24 heavy (non-hydrogen) atoms. The summed E-state index contributed by atoms with van der Waals surface area (Å²) in [6, 6.07) is -0.0966. The maximum atomic E-state index is 12.8. The van der Waals surface area contributed by atoms with Gasteiger partial charge in [0.15, 0.2) is 0 Å². The molecule has 8 nitrogen and oxygen atoms in total. The zero-order valence-electron chi connectivity index (χ0n) is 13.9. The summed E-state index contributed by atoms with van der Waals surface area (Å²) < 4.78 is 1.30. The van der Waals surface area contributed by atoms with E-state index < -0.39 is 10.8 Å². The van der Waals surface area contributed by atoms with E-state index in [-0.39, 0.29) is 17.4 Å². The first kappa shape index (κ1) is 16.6. The molecule has 0 bridgehead atoms. The first-order chi connectivity index (χ1) is 11.4. The van der Waals surface area contributed by atoms with Gasteiger partial charge in [-0.1, -0.05) is 6.92 Å². The van der Waals surface area contributed by atoms with Crippen molar-refractivity contribution in [2.45, 2.75) is 38.6 Å². The number of nitrogens with zero attached hydrogens (tertiary/aromatic N) is 5. The molecule has 0 aromatic carbocycles. The second kappa shape index (κ2) is 6.31. The smallest absolute Gasteiger partial charge is 0.320 e. The van der Waals surface area contributed by atoms with Gasteiger partial charge in [-0.3, -0.25) is 19.6 Å². The monoisotopic (exact) mass is 349 g/mol. The van der Waals surface area contributed by atoms with E-state index in [1.165, 1.54) is 10.9 Å². The number of carbonyl (C=O) groups is 1. The lowest BCUT2D eigenvalue weighted by atomic mass is 9.97. The summed E-state index contributed by atoms with van der Waals surface area (Å²) in [7, 11) is 3.26. The number of carbonyl (C=O) groups excluding carboxylic acids is 1. The number of hydrogen-bond acceptors (Lipinski definition) is 6. The average Bonchev–Trinajstić information content (AvgIpc) is 3.16. The second-order valence-corrected chi connectivity index (χ2v) is 7.01. The van der Waals surface area contributed by atoms with Crippen LogP contribution in [-0.4, -0.2) is 37.5 Å². The lowest BCUT2D eigenvalue weighted by Crippen LogP contribution is -2.33. The van der Waals surface area contributed by atoms with Gasteiger partial charge in [-0.25, -0.2) is 4.98 Å². The van der Waals surface area contributed by atoms with Crippen LogP contribution in [-0.2, 0) is 19.9 Å². The lowest BCUT2D eigenvalue weighted by Gasteiger charge is -2.30. The van der Waals surface area contributed by atoms with Gasteiger partial charge >= 0.3 is 5.69 Å². The summed E-state index contributed by atoms with van der Waals surface area (Å²) in [4.78, 5) is 30.7. The molecule has 0 saturated heterocycles. The van der Waals surface area contributed by atoms with Crippen LogP contribution in [0.3, 0.4) is 0 Å². The second-order valence-electron chi connectivity index (χ2n) is 5.89. The van der Waals surface area contributed by atoms with Crippen molar-refractivity contribution in [3.8, 4) is 0 Å². The Balaban J connectivity index is 1.93. The number of thiazole rings is 1. The third-order valence-electron chi connectivity index (χ3n) is 4.26. The predicted octanol–water partition coefficient (Wildman–Crippen LogP) is 2.50. The largest absolute Gasteiger partial charge is 0.332 e. The fourth-order valence-corrected chi connectivity index (χ4v) is 4.27. The maximum Gasteiger partial charge on any atom is 0.320 e. The predicted molar refractivity (Wildman–Crippen MR) is 89.1 cm³/mol. The number of aryl methyl sites for hydroxylation is 3. The van der Waals surface area contributed by atoms with E-state index in [9.17, 15) is 14.9 Å². The third-order valence-corrected chi connectivity index (χ3v) is 5.61. The van der Waals surface area contributed by atoms with Crippen LogP contribution in [0.15, 0.2) is 6.20 Å². The van der Waals surface area contributed by atoms with Crippen molar-refractivity contribution in [1.29, 1.82) is 0 Å². The van der Waals surface area contributed by atoms with Crippen molar-refractivity contribution in [3.63, 3.8) is 0 Å². The topological polar surface area (TPSA) is 94.2 Å². The van der Waals surface area contributed by atoms with Gasteiger partial charge in [0.25, 0.3) is 5.91 Å². The highest BCUT2D eigenvalue weighted by Crippen LogP contribution is 2.38. The first-order valence-corrected chi connectivity index (χ1v) is 8.67. The molecule has 2 aromatic heterocycles. The SMILES string of the molecule is CCc1nc2c(s1)[C@@H](N(C)C(=O)c1nn(C)cc1[N+](=O)[O-])CCC2. The van der Waals surface area contributed by atoms with Crippen LogP contribution in [0.1, 0.15) is 51.9 Å². The van der Waals surface area contributed by atoms with E-state index >= 15 is 0 Å². The van der Waals surface area contributed by atoms with Gasteiger partial charge in [-0.15, -0.1) is 11.3 Å². The van der Waals surface area contributed by atoms with Gasteiger partial charge in [-0.05, 0) is 25.7 Å². The minimum absolute atomic E-state index is 0.0966. The van der Waals surface area contributed by atoms with Gasteiger partial charge in [0.1, 0.15) is 6.20 Å². The van der Waals surface area contributed by atoms with E-state index in [1.807, 2.05) is 0 Å². The van der Waals surface area contributed by atoms with Crippen LogP contribution in [0.5, 0.6) is 0 Å².